The Hall–Kier alpha value is -4.97. The molecule has 2 atom stereocenters. The molecule has 51 heavy (non-hydrogen) atoms. The predicted molar refractivity (Wildman–Crippen MR) is 169 cm³/mol. The van der Waals surface area contributed by atoms with E-state index >= 15 is 0 Å². The fraction of sp³-hybridized carbons (Fsp3) is 0.333. The Morgan fingerprint density at radius 1 is 1.22 bits per heavy atom. The van der Waals surface area contributed by atoms with Crippen LogP contribution in [0.3, 0.4) is 0 Å². The molecule has 7 rings (SSSR count). The number of nitrogens with zero attached hydrogens (tertiary/aromatic N) is 3. The van der Waals surface area contributed by atoms with E-state index in [1.165, 1.54) is 36.7 Å². The van der Waals surface area contributed by atoms with Crippen LogP contribution < -0.4 is 20.5 Å². The number of primary amides is 1. The molecule has 3 aromatic heterocycles. The van der Waals surface area contributed by atoms with E-state index < -0.39 is 65.9 Å². The smallest absolute Gasteiger partial charge is 0.424 e. The first-order valence-electron chi connectivity index (χ1n) is 15.3. The number of alkyl halides is 6. The average Bonchev–Trinajstić information content (AvgIpc) is 3.40. The lowest BCUT2D eigenvalue weighted by Crippen LogP contribution is -2.51. The first-order valence-corrected chi connectivity index (χ1v) is 16.2. The molecule has 0 saturated heterocycles. The predicted octanol–water partition coefficient (Wildman–Crippen LogP) is 5.83. The molecule has 1 aliphatic heterocycles. The second-order valence-electron chi connectivity index (χ2n) is 12.6. The largest absolute Gasteiger partial charge is 0.489 e. The van der Waals surface area contributed by atoms with Crippen molar-refractivity contribution in [1.29, 1.82) is 0 Å². The van der Waals surface area contributed by atoms with Crippen LogP contribution in [0.2, 0.25) is 0 Å². The molecule has 5 aromatic rings. The summed E-state index contributed by atoms with van der Waals surface area (Å²) in [6.45, 7) is -1.67. The number of carbonyl (C=O) groups is 2. The average molecular weight is 738 g/mol. The summed E-state index contributed by atoms with van der Waals surface area (Å²) in [5, 5.41) is 19.3. The first-order chi connectivity index (χ1) is 23.9. The second kappa shape index (κ2) is 11.8. The van der Waals surface area contributed by atoms with E-state index in [9.17, 15) is 45.4 Å². The minimum atomic E-state index is -5.50. The Bertz CT molecular complexity index is 2240. The molecule has 2 aliphatic rings. The fourth-order valence-electron chi connectivity index (χ4n) is 5.87. The van der Waals surface area contributed by atoms with Gasteiger partial charge in [0.2, 0.25) is 17.3 Å². The standard InChI is InChI=1S/C33H26F7N5O5S/c1-30(29(41)47)14-50-26-19(30)9-22(43-25(26)18-12-51-27-17(18)3-2-4-20(27)34)32(48,33(38,39)40)13-42-28(46)15-7-16-10-45(31(37)5-6-31)44-24(16)21(8-15)49-11-23(35)36/h2-4,7-10,12,23,48H,5-6,11,13-14H2,1H3,(H2,41,47)(H,42,46)/t30-,32-/m0/s1. The summed E-state index contributed by atoms with van der Waals surface area (Å²) in [6.07, 6.45) is -6.94. The van der Waals surface area contributed by atoms with Crippen LogP contribution in [0.1, 0.15) is 41.4 Å². The number of fused-ring (bicyclic) bond motifs is 3. The number of nitrogens with two attached hydrogens (primary N) is 1. The van der Waals surface area contributed by atoms with Crippen molar-refractivity contribution in [1.82, 2.24) is 20.1 Å². The van der Waals surface area contributed by atoms with Crippen molar-refractivity contribution in [2.45, 2.75) is 49.2 Å². The van der Waals surface area contributed by atoms with Crippen LogP contribution in [0.4, 0.5) is 30.7 Å². The highest BCUT2D eigenvalue weighted by atomic mass is 32.1. The van der Waals surface area contributed by atoms with Gasteiger partial charge in [-0.2, -0.15) is 18.3 Å². The maximum Gasteiger partial charge on any atom is 0.424 e. The summed E-state index contributed by atoms with van der Waals surface area (Å²) in [7, 11) is 0. The van der Waals surface area contributed by atoms with E-state index in [4.69, 9.17) is 15.2 Å². The number of ether oxygens (including phenoxy) is 2. The van der Waals surface area contributed by atoms with Gasteiger partial charge >= 0.3 is 6.18 Å². The maximum absolute atomic E-state index is 14.9. The third kappa shape index (κ3) is 5.69. The van der Waals surface area contributed by atoms with E-state index in [-0.39, 0.29) is 74.3 Å². The van der Waals surface area contributed by atoms with Crippen LogP contribution in [-0.4, -0.2) is 64.0 Å². The van der Waals surface area contributed by atoms with Gasteiger partial charge in [-0.3, -0.25) is 9.59 Å². The van der Waals surface area contributed by atoms with Crippen molar-refractivity contribution >= 4 is 44.1 Å². The third-order valence-corrected chi connectivity index (χ3v) is 10.1. The van der Waals surface area contributed by atoms with Crippen LogP contribution in [-0.2, 0) is 21.6 Å². The molecule has 2 amide bonds. The van der Waals surface area contributed by atoms with Crippen LogP contribution in [0.5, 0.6) is 11.5 Å². The maximum atomic E-state index is 14.9. The van der Waals surface area contributed by atoms with E-state index in [1.807, 2.05) is 5.32 Å². The Morgan fingerprint density at radius 3 is 2.63 bits per heavy atom. The zero-order valence-electron chi connectivity index (χ0n) is 26.3. The summed E-state index contributed by atoms with van der Waals surface area (Å²) >= 11 is 0.948. The summed E-state index contributed by atoms with van der Waals surface area (Å²) in [6, 6.07) is 7.05. The number of rotatable bonds is 10. The van der Waals surface area contributed by atoms with Gasteiger partial charge in [0.15, 0.2) is 0 Å². The first kappa shape index (κ1) is 34.5. The van der Waals surface area contributed by atoms with Gasteiger partial charge in [0, 0.05) is 51.9 Å². The van der Waals surface area contributed by atoms with Gasteiger partial charge in [-0.05, 0) is 31.2 Å². The number of halogens is 7. The molecule has 18 heteroatoms. The molecular formula is C33H26F7N5O5S. The number of aliphatic hydroxyl groups is 1. The number of hydrogen-bond acceptors (Lipinski definition) is 8. The quantitative estimate of drug-likeness (QED) is 0.153. The number of nitrogens with one attached hydrogen (secondary N) is 1. The SMILES string of the molecule is C[C@]1(C(N)=O)COc2c1cc([C@@](O)(CNC(=O)c1cc(OCC(F)F)c3nn(C4(F)CC4)cc3c1)C(F)(F)F)nc2-c1csc2c(F)cccc12. The minimum absolute atomic E-state index is 0.0571. The molecule has 1 fully saturated rings. The van der Waals surface area contributed by atoms with E-state index in [0.717, 1.165) is 34.2 Å². The van der Waals surface area contributed by atoms with Gasteiger partial charge in [-0.1, -0.05) is 12.1 Å². The lowest BCUT2D eigenvalue weighted by Gasteiger charge is -2.31. The van der Waals surface area contributed by atoms with E-state index in [0.29, 0.717) is 0 Å². The monoisotopic (exact) mass is 737 g/mol. The van der Waals surface area contributed by atoms with Crippen molar-refractivity contribution in [3.05, 3.63) is 70.6 Å². The van der Waals surface area contributed by atoms with Crippen LogP contribution in [0.15, 0.2) is 48.0 Å². The number of carbonyl (C=O) groups excluding carboxylic acids is 2. The van der Waals surface area contributed by atoms with Gasteiger partial charge < -0.3 is 25.6 Å². The summed E-state index contributed by atoms with van der Waals surface area (Å²) in [5.41, 5.74) is -1.58. The zero-order chi connectivity index (χ0) is 36.7. The topological polar surface area (TPSA) is 142 Å². The van der Waals surface area contributed by atoms with Crippen LogP contribution in [0.25, 0.3) is 32.2 Å². The molecule has 10 nitrogen and oxygen atoms in total. The van der Waals surface area contributed by atoms with Crippen molar-refractivity contribution in [2.75, 3.05) is 19.8 Å². The lowest BCUT2D eigenvalue weighted by atomic mass is 9.81. The normalized spacial score (nSPS) is 19.2. The van der Waals surface area contributed by atoms with Gasteiger partial charge in [0.25, 0.3) is 12.3 Å². The fourth-order valence-corrected chi connectivity index (χ4v) is 6.83. The summed E-state index contributed by atoms with van der Waals surface area (Å²) < 4.78 is 112. The second-order valence-corrected chi connectivity index (χ2v) is 13.5. The molecule has 0 bridgehead atoms. The molecule has 268 valence electrons. The number of aromatic nitrogens is 3. The lowest BCUT2D eigenvalue weighted by molar-refractivity contribution is -0.265. The molecule has 1 saturated carbocycles. The Balaban J connectivity index is 1.30. The van der Waals surface area contributed by atoms with Gasteiger partial charge in [0.05, 0.1) is 16.9 Å². The van der Waals surface area contributed by atoms with Gasteiger partial charge in [0.1, 0.15) is 47.2 Å². The number of hydrogen-bond donors (Lipinski definition) is 3. The zero-order valence-corrected chi connectivity index (χ0v) is 27.1. The summed E-state index contributed by atoms with van der Waals surface area (Å²) in [5.74, 6) is -4.99. The molecule has 2 aromatic carbocycles. The highest BCUT2D eigenvalue weighted by Crippen LogP contribution is 2.50. The van der Waals surface area contributed by atoms with Crippen molar-refractivity contribution < 1.29 is 54.9 Å². The highest BCUT2D eigenvalue weighted by molar-refractivity contribution is 7.17. The molecule has 0 unspecified atom stereocenters. The van der Waals surface area contributed by atoms with Crippen molar-refractivity contribution in [3.63, 3.8) is 0 Å². The molecule has 4 N–H and O–H groups in total. The molecular weight excluding hydrogens is 711 g/mol. The van der Waals surface area contributed by atoms with Crippen LogP contribution in [0, 0.1) is 5.82 Å². The number of thiophene rings is 1. The summed E-state index contributed by atoms with van der Waals surface area (Å²) in [4.78, 5) is 30.1. The Morgan fingerprint density at radius 2 is 1.96 bits per heavy atom. The number of amides is 2. The third-order valence-electron chi connectivity index (χ3n) is 9.09. The van der Waals surface area contributed by atoms with Gasteiger partial charge in [-0.25, -0.2) is 27.2 Å². The van der Waals surface area contributed by atoms with Crippen molar-refractivity contribution in [2.24, 2.45) is 5.73 Å². The molecule has 4 heterocycles. The van der Waals surface area contributed by atoms with Crippen LogP contribution >= 0.6 is 11.3 Å². The molecule has 1 aliphatic carbocycles. The minimum Gasteiger partial charge on any atom is -0.489 e. The molecule has 0 spiro atoms. The van der Waals surface area contributed by atoms with E-state index in [1.54, 1.807) is 0 Å². The van der Waals surface area contributed by atoms with Gasteiger partial charge in [-0.15, -0.1) is 11.3 Å². The number of pyridine rings is 1. The Labute approximate surface area is 287 Å². The van der Waals surface area contributed by atoms with E-state index in [2.05, 4.69) is 10.1 Å². The molecule has 0 radical (unpaired) electrons. The number of benzene rings is 2. The highest BCUT2D eigenvalue weighted by Gasteiger charge is 2.58. The van der Waals surface area contributed by atoms with Crippen molar-refractivity contribution in [3.8, 4) is 22.8 Å². The Kier molecular flexibility index (Phi) is 7.97.